The Morgan fingerprint density at radius 3 is 2.60 bits per heavy atom. The van der Waals surface area contributed by atoms with Gasteiger partial charge in [0, 0.05) is 12.1 Å². The fourth-order valence-electron chi connectivity index (χ4n) is 1.73. The molecular weight excluding hydrogens is 267 g/mol. The van der Waals surface area contributed by atoms with Crippen LogP contribution in [0.15, 0.2) is 18.2 Å². The Balaban J connectivity index is 3.03. The molecule has 0 saturated carbocycles. The predicted molar refractivity (Wildman–Crippen MR) is 72.2 cm³/mol. The lowest BCUT2D eigenvalue weighted by molar-refractivity contribution is -0.385. The molecular formula is C13H17FN2O4. The standard InChI is InChI=1S/C13H17FN2O4/c1-4-20-13(17)8-15(9(2)3)12-6-5-10(16(18)19)7-11(12)14/h5-7,9H,4,8H2,1-3H3. The number of hydrogen-bond acceptors (Lipinski definition) is 5. The van der Waals surface area contributed by atoms with Crippen molar-refractivity contribution in [1.82, 2.24) is 0 Å². The monoisotopic (exact) mass is 284 g/mol. The number of halogens is 1. The van der Waals surface area contributed by atoms with Crippen molar-refractivity contribution in [1.29, 1.82) is 0 Å². The lowest BCUT2D eigenvalue weighted by atomic mass is 10.2. The number of carbonyl (C=O) groups is 1. The Hall–Kier alpha value is -2.18. The molecule has 7 heteroatoms. The lowest BCUT2D eigenvalue weighted by Gasteiger charge is -2.28. The van der Waals surface area contributed by atoms with Crippen molar-refractivity contribution in [3.8, 4) is 0 Å². The van der Waals surface area contributed by atoms with Gasteiger partial charge in [-0.3, -0.25) is 14.9 Å². The van der Waals surface area contributed by atoms with Crippen molar-refractivity contribution in [2.24, 2.45) is 0 Å². The topological polar surface area (TPSA) is 72.7 Å². The van der Waals surface area contributed by atoms with Gasteiger partial charge >= 0.3 is 5.97 Å². The molecule has 0 aromatic heterocycles. The highest BCUT2D eigenvalue weighted by molar-refractivity contribution is 5.76. The van der Waals surface area contributed by atoms with Crippen molar-refractivity contribution in [2.45, 2.75) is 26.8 Å². The van der Waals surface area contributed by atoms with Crippen LogP contribution in [-0.4, -0.2) is 30.1 Å². The average Bonchev–Trinajstić information content (AvgIpc) is 2.36. The van der Waals surface area contributed by atoms with E-state index in [2.05, 4.69) is 0 Å². The Morgan fingerprint density at radius 1 is 1.50 bits per heavy atom. The Kier molecular flexibility index (Phi) is 5.42. The SMILES string of the molecule is CCOC(=O)CN(c1ccc([N+](=O)[O-])cc1F)C(C)C. The molecule has 0 atom stereocenters. The first kappa shape index (κ1) is 15.9. The van der Waals surface area contributed by atoms with Crippen LogP contribution in [0.4, 0.5) is 15.8 Å². The van der Waals surface area contributed by atoms with E-state index in [9.17, 15) is 19.3 Å². The highest BCUT2D eigenvalue weighted by Crippen LogP contribution is 2.25. The van der Waals surface area contributed by atoms with Crippen LogP contribution in [0.3, 0.4) is 0 Å². The number of nitro groups is 1. The number of anilines is 1. The van der Waals surface area contributed by atoms with Gasteiger partial charge in [0.05, 0.1) is 23.3 Å². The zero-order valence-corrected chi connectivity index (χ0v) is 11.6. The first-order chi connectivity index (χ1) is 9.36. The van der Waals surface area contributed by atoms with Gasteiger partial charge in [0.15, 0.2) is 5.82 Å². The van der Waals surface area contributed by atoms with Crippen LogP contribution < -0.4 is 4.90 Å². The van der Waals surface area contributed by atoms with Crippen molar-refractivity contribution in [3.05, 3.63) is 34.1 Å². The van der Waals surface area contributed by atoms with Crippen LogP contribution in [0.1, 0.15) is 20.8 Å². The summed E-state index contributed by atoms with van der Waals surface area (Å²) >= 11 is 0. The van der Waals surface area contributed by atoms with E-state index in [1.807, 2.05) is 0 Å². The molecule has 0 spiro atoms. The summed E-state index contributed by atoms with van der Waals surface area (Å²) in [6, 6.07) is 3.19. The highest BCUT2D eigenvalue weighted by Gasteiger charge is 2.20. The maximum atomic E-state index is 14.0. The number of nitro benzene ring substituents is 1. The minimum Gasteiger partial charge on any atom is -0.465 e. The van der Waals surface area contributed by atoms with Crippen LogP contribution in [-0.2, 0) is 9.53 Å². The molecule has 0 saturated heterocycles. The fraction of sp³-hybridized carbons (Fsp3) is 0.462. The van der Waals surface area contributed by atoms with Gasteiger partial charge in [-0.05, 0) is 26.8 Å². The second-order valence-corrected chi connectivity index (χ2v) is 4.42. The van der Waals surface area contributed by atoms with Crippen LogP contribution in [0.25, 0.3) is 0 Å². The lowest BCUT2D eigenvalue weighted by Crippen LogP contribution is -2.37. The van der Waals surface area contributed by atoms with Gasteiger partial charge in [-0.15, -0.1) is 0 Å². The molecule has 20 heavy (non-hydrogen) atoms. The first-order valence-corrected chi connectivity index (χ1v) is 6.23. The van der Waals surface area contributed by atoms with Gasteiger partial charge in [-0.1, -0.05) is 0 Å². The summed E-state index contributed by atoms with van der Waals surface area (Å²) < 4.78 is 18.8. The van der Waals surface area contributed by atoms with Crippen molar-refractivity contribution >= 4 is 17.3 Å². The number of ether oxygens (including phenoxy) is 1. The number of nitrogens with zero attached hydrogens (tertiary/aromatic N) is 2. The summed E-state index contributed by atoms with van der Waals surface area (Å²) in [7, 11) is 0. The predicted octanol–water partition coefficient (Wildman–Crippen LogP) is 2.51. The fourth-order valence-corrected chi connectivity index (χ4v) is 1.73. The molecule has 0 unspecified atom stereocenters. The summed E-state index contributed by atoms with van der Waals surface area (Å²) in [5.41, 5.74) is -0.190. The van der Waals surface area contributed by atoms with E-state index in [1.165, 1.54) is 17.0 Å². The summed E-state index contributed by atoms with van der Waals surface area (Å²) in [6.45, 7) is 5.40. The molecule has 0 aliphatic carbocycles. The molecule has 0 aliphatic heterocycles. The number of non-ortho nitro benzene ring substituents is 1. The second kappa shape index (κ2) is 6.83. The van der Waals surface area contributed by atoms with E-state index in [0.29, 0.717) is 0 Å². The third-order valence-electron chi connectivity index (χ3n) is 2.68. The van der Waals surface area contributed by atoms with Gasteiger partial charge < -0.3 is 9.64 Å². The van der Waals surface area contributed by atoms with E-state index in [0.717, 1.165) is 6.07 Å². The third-order valence-corrected chi connectivity index (χ3v) is 2.68. The van der Waals surface area contributed by atoms with E-state index < -0.39 is 16.7 Å². The van der Waals surface area contributed by atoms with Gasteiger partial charge in [-0.2, -0.15) is 0 Å². The summed E-state index contributed by atoms with van der Waals surface area (Å²) in [5, 5.41) is 10.6. The molecule has 0 bridgehead atoms. The molecule has 0 amide bonds. The smallest absolute Gasteiger partial charge is 0.325 e. The maximum absolute atomic E-state index is 14.0. The molecule has 0 radical (unpaired) electrons. The minimum atomic E-state index is -0.739. The minimum absolute atomic E-state index is 0.111. The zero-order chi connectivity index (χ0) is 15.3. The molecule has 1 rings (SSSR count). The molecule has 0 heterocycles. The van der Waals surface area contributed by atoms with Gasteiger partial charge in [0.2, 0.25) is 0 Å². The van der Waals surface area contributed by atoms with Crippen LogP contribution in [0.2, 0.25) is 0 Å². The first-order valence-electron chi connectivity index (χ1n) is 6.23. The Bertz CT molecular complexity index is 505. The molecule has 110 valence electrons. The summed E-state index contributed by atoms with van der Waals surface area (Å²) in [5.74, 6) is -1.21. The number of hydrogen-bond donors (Lipinski definition) is 0. The maximum Gasteiger partial charge on any atom is 0.325 e. The van der Waals surface area contributed by atoms with E-state index in [4.69, 9.17) is 4.74 Å². The third kappa shape index (κ3) is 3.91. The molecule has 0 fully saturated rings. The van der Waals surface area contributed by atoms with Crippen molar-refractivity contribution in [3.63, 3.8) is 0 Å². The second-order valence-electron chi connectivity index (χ2n) is 4.42. The van der Waals surface area contributed by atoms with Crippen LogP contribution in [0, 0.1) is 15.9 Å². The number of carbonyl (C=O) groups excluding carboxylic acids is 1. The molecule has 6 nitrogen and oxygen atoms in total. The van der Waals surface area contributed by atoms with Gasteiger partial charge in [-0.25, -0.2) is 4.39 Å². The quantitative estimate of drug-likeness (QED) is 0.456. The highest BCUT2D eigenvalue weighted by atomic mass is 19.1. The molecule has 0 aliphatic rings. The van der Waals surface area contributed by atoms with Crippen LogP contribution >= 0.6 is 0 Å². The van der Waals surface area contributed by atoms with E-state index >= 15 is 0 Å². The zero-order valence-electron chi connectivity index (χ0n) is 11.6. The Labute approximate surface area is 116 Å². The van der Waals surface area contributed by atoms with Crippen molar-refractivity contribution in [2.75, 3.05) is 18.1 Å². The summed E-state index contributed by atoms with van der Waals surface area (Å²) in [4.78, 5) is 22.9. The van der Waals surface area contributed by atoms with Gasteiger partial charge in [0.1, 0.15) is 6.54 Å². The van der Waals surface area contributed by atoms with E-state index in [-0.39, 0.29) is 30.6 Å². The molecule has 1 aromatic carbocycles. The normalized spacial score (nSPS) is 10.4. The largest absolute Gasteiger partial charge is 0.465 e. The molecule has 0 N–H and O–H groups in total. The number of rotatable bonds is 6. The Morgan fingerprint density at radius 2 is 2.15 bits per heavy atom. The summed E-state index contributed by atoms with van der Waals surface area (Å²) in [6.07, 6.45) is 0. The van der Waals surface area contributed by atoms with Crippen molar-refractivity contribution < 1.29 is 18.8 Å². The average molecular weight is 284 g/mol. The molecule has 1 aromatic rings. The van der Waals surface area contributed by atoms with Crippen LogP contribution in [0.5, 0.6) is 0 Å². The number of benzene rings is 1. The number of esters is 1. The van der Waals surface area contributed by atoms with Gasteiger partial charge in [0.25, 0.3) is 5.69 Å². The van der Waals surface area contributed by atoms with E-state index in [1.54, 1.807) is 20.8 Å².